The highest BCUT2D eigenvalue weighted by atomic mass is 16.3. The molecule has 0 saturated carbocycles. The van der Waals surface area contributed by atoms with E-state index in [0.29, 0.717) is 5.75 Å². The first-order chi connectivity index (χ1) is 7.33. The fourth-order valence-electron chi connectivity index (χ4n) is 1.46. The van der Waals surface area contributed by atoms with Crippen LogP contribution in [-0.4, -0.2) is 5.11 Å². The van der Waals surface area contributed by atoms with E-state index in [9.17, 15) is 5.11 Å². The summed E-state index contributed by atoms with van der Waals surface area (Å²) in [5.41, 5.74) is 1.04. The van der Waals surface area contributed by atoms with Crippen molar-refractivity contribution in [2.45, 2.75) is 39.0 Å². The Morgan fingerprint density at radius 3 is 2.93 bits per heavy atom. The summed E-state index contributed by atoms with van der Waals surface area (Å²) in [4.78, 5) is 0. The first kappa shape index (κ1) is 11.8. The van der Waals surface area contributed by atoms with E-state index in [1.165, 1.54) is 19.3 Å². The van der Waals surface area contributed by atoms with Crippen molar-refractivity contribution in [1.29, 1.82) is 0 Å². The maximum atomic E-state index is 9.24. The summed E-state index contributed by atoms with van der Waals surface area (Å²) in [5.74, 6) is 0.322. The molecule has 0 aliphatic carbocycles. The van der Waals surface area contributed by atoms with E-state index in [2.05, 4.69) is 25.1 Å². The Kier molecular flexibility index (Phi) is 5.60. The third-order valence-electron chi connectivity index (χ3n) is 2.32. The summed E-state index contributed by atoms with van der Waals surface area (Å²) in [6.07, 6.45) is 10.2. The smallest absolute Gasteiger partial charge is 0.115 e. The molecule has 0 fully saturated rings. The molecular formula is C14H19O. The predicted molar refractivity (Wildman–Crippen MR) is 63.9 cm³/mol. The van der Waals surface area contributed by atoms with Crippen molar-refractivity contribution in [2.75, 3.05) is 0 Å². The van der Waals surface area contributed by atoms with Crippen molar-refractivity contribution < 1.29 is 5.11 Å². The van der Waals surface area contributed by atoms with Gasteiger partial charge >= 0.3 is 0 Å². The lowest BCUT2D eigenvalue weighted by Crippen LogP contribution is -1.80. The number of phenolic OH excluding ortho intramolecular Hbond substituents is 1. The van der Waals surface area contributed by atoms with E-state index in [0.717, 1.165) is 18.4 Å². The van der Waals surface area contributed by atoms with Crippen molar-refractivity contribution in [2.24, 2.45) is 0 Å². The fourth-order valence-corrected chi connectivity index (χ4v) is 1.46. The van der Waals surface area contributed by atoms with Gasteiger partial charge in [0.15, 0.2) is 0 Å². The predicted octanol–water partition coefficient (Wildman–Crippen LogP) is 3.87. The van der Waals surface area contributed by atoms with Crippen molar-refractivity contribution in [3.8, 4) is 5.75 Å². The van der Waals surface area contributed by atoms with Crippen LogP contribution in [0.2, 0.25) is 0 Å². The van der Waals surface area contributed by atoms with Gasteiger partial charge in [-0.2, -0.15) is 0 Å². The molecule has 1 aromatic carbocycles. The molecule has 0 aliphatic rings. The van der Waals surface area contributed by atoms with Crippen LogP contribution in [0.5, 0.6) is 5.75 Å². The molecule has 0 atom stereocenters. The molecule has 0 saturated heterocycles. The zero-order chi connectivity index (χ0) is 10.9. The Morgan fingerprint density at radius 2 is 2.20 bits per heavy atom. The lowest BCUT2D eigenvalue weighted by atomic mass is 10.1. The number of phenols is 1. The molecule has 0 aliphatic heterocycles. The molecule has 81 valence electrons. The maximum Gasteiger partial charge on any atom is 0.115 e. The number of hydrogen-bond donors (Lipinski definition) is 1. The molecule has 0 heterocycles. The van der Waals surface area contributed by atoms with Gasteiger partial charge in [0.2, 0.25) is 0 Å². The first-order valence-electron chi connectivity index (χ1n) is 5.67. The molecule has 1 heteroatoms. The highest BCUT2D eigenvalue weighted by Crippen LogP contribution is 2.11. The number of aromatic hydroxyl groups is 1. The standard InChI is InChI=1S/C14H19O/c1-2-3-4-5-6-7-9-13-10-8-11-14(15)12-13/h6-8,11-12,15H,2-5,9H2,1H3. The topological polar surface area (TPSA) is 20.2 Å². The average Bonchev–Trinajstić information content (AvgIpc) is 2.23. The SMILES string of the molecule is CCCCCC=CCc1[c]ccc(O)c1. The normalized spacial score (nSPS) is 11.0. The van der Waals surface area contributed by atoms with Gasteiger partial charge in [-0.3, -0.25) is 0 Å². The van der Waals surface area contributed by atoms with Crippen molar-refractivity contribution in [1.82, 2.24) is 0 Å². The lowest BCUT2D eigenvalue weighted by Gasteiger charge is -1.96. The monoisotopic (exact) mass is 203 g/mol. The van der Waals surface area contributed by atoms with E-state index in [1.54, 1.807) is 18.2 Å². The Hall–Kier alpha value is -1.24. The van der Waals surface area contributed by atoms with Crippen LogP contribution in [0, 0.1) is 6.07 Å². The highest BCUT2D eigenvalue weighted by Gasteiger charge is 1.91. The van der Waals surface area contributed by atoms with E-state index < -0.39 is 0 Å². The Morgan fingerprint density at radius 1 is 1.33 bits per heavy atom. The zero-order valence-corrected chi connectivity index (χ0v) is 9.37. The second kappa shape index (κ2) is 7.10. The van der Waals surface area contributed by atoms with Crippen LogP contribution in [0.15, 0.2) is 30.4 Å². The van der Waals surface area contributed by atoms with Gasteiger partial charge in [-0.05, 0) is 43.0 Å². The fraction of sp³-hybridized carbons (Fsp3) is 0.429. The van der Waals surface area contributed by atoms with Gasteiger partial charge in [0.1, 0.15) is 5.75 Å². The van der Waals surface area contributed by atoms with E-state index in [-0.39, 0.29) is 0 Å². The highest BCUT2D eigenvalue weighted by molar-refractivity contribution is 5.27. The third kappa shape index (κ3) is 5.26. The average molecular weight is 203 g/mol. The number of hydrogen-bond acceptors (Lipinski definition) is 1. The van der Waals surface area contributed by atoms with Crippen molar-refractivity contribution in [3.63, 3.8) is 0 Å². The van der Waals surface area contributed by atoms with Gasteiger partial charge < -0.3 is 5.11 Å². The molecule has 15 heavy (non-hydrogen) atoms. The van der Waals surface area contributed by atoms with Crippen LogP contribution in [0.1, 0.15) is 38.2 Å². The van der Waals surface area contributed by atoms with Gasteiger partial charge in [0.05, 0.1) is 0 Å². The molecule has 1 N–H and O–H groups in total. The van der Waals surface area contributed by atoms with Crippen LogP contribution >= 0.6 is 0 Å². The van der Waals surface area contributed by atoms with Crippen LogP contribution in [0.4, 0.5) is 0 Å². The third-order valence-corrected chi connectivity index (χ3v) is 2.32. The molecule has 0 unspecified atom stereocenters. The van der Waals surface area contributed by atoms with E-state index >= 15 is 0 Å². The van der Waals surface area contributed by atoms with E-state index in [1.807, 2.05) is 0 Å². The molecule has 1 radical (unpaired) electrons. The van der Waals surface area contributed by atoms with Crippen LogP contribution in [0.25, 0.3) is 0 Å². The minimum atomic E-state index is 0.322. The van der Waals surface area contributed by atoms with Crippen LogP contribution in [0.3, 0.4) is 0 Å². The molecule has 1 aromatic rings. The van der Waals surface area contributed by atoms with Crippen LogP contribution < -0.4 is 0 Å². The summed E-state index contributed by atoms with van der Waals surface area (Å²) < 4.78 is 0. The Balaban J connectivity index is 2.24. The number of benzene rings is 1. The summed E-state index contributed by atoms with van der Waals surface area (Å²) in [7, 11) is 0. The van der Waals surface area contributed by atoms with Crippen molar-refractivity contribution in [3.05, 3.63) is 42.0 Å². The lowest BCUT2D eigenvalue weighted by molar-refractivity contribution is 0.474. The summed E-state index contributed by atoms with van der Waals surface area (Å²) in [6, 6.07) is 8.27. The van der Waals surface area contributed by atoms with Gasteiger partial charge in [0, 0.05) is 0 Å². The Bertz CT molecular complexity index is 302. The molecule has 0 spiro atoms. The molecular weight excluding hydrogens is 184 g/mol. The van der Waals surface area contributed by atoms with Gasteiger partial charge in [0.25, 0.3) is 0 Å². The number of rotatable bonds is 6. The van der Waals surface area contributed by atoms with Gasteiger partial charge in [-0.25, -0.2) is 0 Å². The van der Waals surface area contributed by atoms with Gasteiger partial charge in [-0.15, -0.1) is 0 Å². The summed E-state index contributed by atoms with van der Waals surface area (Å²) in [5, 5.41) is 9.24. The van der Waals surface area contributed by atoms with Gasteiger partial charge in [-0.1, -0.05) is 38.0 Å². The molecule has 1 nitrogen and oxygen atoms in total. The molecule has 0 amide bonds. The minimum Gasteiger partial charge on any atom is -0.508 e. The molecule has 1 rings (SSSR count). The minimum absolute atomic E-state index is 0.322. The second-order valence-electron chi connectivity index (χ2n) is 3.74. The molecule has 0 aromatic heterocycles. The number of unbranched alkanes of at least 4 members (excludes halogenated alkanes) is 3. The maximum absolute atomic E-state index is 9.24. The first-order valence-corrected chi connectivity index (χ1v) is 5.67. The summed E-state index contributed by atoms with van der Waals surface area (Å²) >= 11 is 0. The Labute approximate surface area is 92.5 Å². The largest absolute Gasteiger partial charge is 0.508 e. The molecule has 0 bridgehead atoms. The van der Waals surface area contributed by atoms with E-state index in [4.69, 9.17) is 0 Å². The number of allylic oxidation sites excluding steroid dienone is 2. The zero-order valence-electron chi connectivity index (χ0n) is 9.37. The second-order valence-corrected chi connectivity index (χ2v) is 3.74. The summed E-state index contributed by atoms with van der Waals surface area (Å²) in [6.45, 7) is 2.21. The van der Waals surface area contributed by atoms with Crippen molar-refractivity contribution >= 4 is 0 Å². The quantitative estimate of drug-likeness (QED) is 0.549. The van der Waals surface area contributed by atoms with Crippen LogP contribution in [-0.2, 0) is 6.42 Å².